The second kappa shape index (κ2) is 4.58. The third kappa shape index (κ3) is 2.65. The van der Waals surface area contributed by atoms with Crippen molar-refractivity contribution in [2.24, 2.45) is 0 Å². The molecule has 0 N–H and O–H groups in total. The summed E-state index contributed by atoms with van der Waals surface area (Å²) in [6.45, 7) is 0. The Bertz CT molecular complexity index is 516. The Morgan fingerprint density at radius 2 is 1.88 bits per heavy atom. The molecule has 0 amide bonds. The number of benzene rings is 1. The SMILES string of the molecule is Fc1ccc(F)c(Oc2nc(Cl)ncc2F)c1. The Morgan fingerprint density at radius 3 is 2.65 bits per heavy atom. The minimum atomic E-state index is -0.932. The van der Waals surface area contributed by atoms with Crippen molar-refractivity contribution in [2.75, 3.05) is 0 Å². The maximum absolute atomic E-state index is 13.2. The van der Waals surface area contributed by atoms with Gasteiger partial charge in [-0.25, -0.2) is 13.8 Å². The quantitative estimate of drug-likeness (QED) is 0.777. The molecule has 88 valence electrons. The number of nitrogens with zero attached hydrogens (tertiary/aromatic N) is 2. The van der Waals surface area contributed by atoms with E-state index in [1.165, 1.54) is 0 Å². The van der Waals surface area contributed by atoms with Crippen molar-refractivity contribution in [2.45, 2.75) is 0 Å². The molecule has 0 fully saturated rings. The van der Waals surface area contributed by atoms with Crippen LogP contribution in [0, 0.1) is 17.5 Å². The topological polar surface area (TPSA) is 35.0 Å². The van der Waals surface area contributed by atoms with Crippen molar-refractivity contribution in [1.82, 2.24) is 9.97 Å². The fourth-order valence-electron chi connectivity index (χ4n) is 1.06. The van der Waals surface area contributed by atoms with Gasteiger partial charge in [-0.3, -0.25) is 0 Å². The predicted molar refractivity (Wildman–Crippen MR) is 53.4 cm³/mol. The Labute approximate surface area is 98.8 Å². The summed E-state index contributed by atoms with van der Waals surface area (Å²) in [5.41, 5.74) is 0. The lowest BCUT2D eigenvalue weighted by Crippen LogP contribution is -1.96. The van der Waals surface area contributed by atoms with Crippen LogP contribution in [-0.2, 0) is 0 Å². The number of aromatic nitrogens is 2. The van der Waals surface area contributed by atoms with Crippen LogP contribution in [-0.4, -0.2) is 9.97 Å². The van der Waals surface area contributed by atoms with Crippen molar-refractivity contribution >= 4 is 11.6 Å². The molecule has 3 nitrogen and oxygen atoms in total. The molecule has 0 radical (unpaired) electrons. The Balaban J connectivity index is 2.37. The third-order valence-corrected chi connectivity index (χ3v) is 1.96. The van der Waals surface area contributed by atoms with Gasteiger partial charge in [-0.1, -0.05) is 0 Å². The summed E-state index contributed by atoms with van der Waals surface area (Å²) >= 11 is 5.42. The first-order valence-corrected chi connectivity index (χ1v) is 4.75. The number of hydrogen-bond donors (Lipinski definition) is 0. The molecule has 1 aromatic heterocycles. The first-order valence-electron chi connectivity index (χ1n) is 4.37. The average Bonchev–Trinajstić information content (AvgIpc) is 2.28. The molecule has 17 heavy (non-hydrogen) atoms. The first-order chi connectivity index (χ1) is 8.06. The van der Waals surface area contributed by atoms with Crippen LogP contribution in [0.2, 0.25) is 5.28 Å². The molecule has 0 bridgehead atoms. The van der Waals surface area contributed by atoms with Gasteiger partial charge in [0, 0.05) is 6.07 Å². The molecule has 0 spiro atoms. The summed E-state index contributed by atoms with van der Waals surface area (Å²) in [6.07, 6.45) is 0.766. The Kier molecular flexibility index (Phi) is 3.14. The van der Waals surface area contributed by atoms with Crippen LogP contribution in [0.4, 0.5) is 13.2 Å². The van der Waals surface area contributed by atoms with Crippen LogP contribution < -0.4 is 4.74 Å². The van der Waals surface area contributed by atoms with Crippen molar-refractivity contribution in [3.05, 3.63) is 47.1 Å². The summed E-state index contributed by atoms with van der Waals surface area (Å²) in [4.78, 5) is 6.76. The number of ether oxygens (including phenoxy) is 1. The van der Waals surface area contributed by atoms with Gasteiger partial charge in [0.2, 0.25) is 11.1 Å². The minimum Gasteiger partial charge on any atom is -0.433 e. The lowest BCUT2D eigenvalue weighted by atomic mass is 10.3. The molecule has 0 aliphatic carbocycles. The second-order valence-electron chi connectivity index (χ2n) is 2.97. The molecule has 2 rings (SSSR count). The molecule has 0 atom stereocenters. The van der Waals surface area contributed by atoms with E-state index in [1.807, 2.05) is 0 Å². The van der Waals surface area contributed by atoms with Gasteiger partial charge < -0.3 is 4.74 Å². The highest BCUT2D eigenvalue weighted by Gasteiger charge is 2.12. The summed E-state index contributed by atoms with van der Waals surface area (Å²) in [6, 6.07) is 2.53. The highest BCUT2D eigenvalue weighted by Crippen LogP contribution is 2.26. The zero-order chi connectivity index (χ0) is 12.4. The van der Waals surface area contributed by atoms with E-state index >= 15 is 0 Å². The number of halogens is 4. The van der Waals surface area contributed by atoms with Gasteiger partial charge in [0.1, 0.15) is 5.82 Å². The number of rotatable bonds is 2. The van der Waals surface area contributed by atoms with Crippen molar-refractivity contribution in [3.63, 3.8) is 0 Å². The third-order valence-electron chi connectivity index (χ3n) is 1.78. The molecule has 1 aromatic carbocycles. The maximum Gasteiger partial charge on any atom is 0.260 e. The Morgan fingerprint density at radius 1 is 1.12 bits per heavy atom. The average molecular weight is 261 g/mol. The normalized spacial score (nSPS) is 10.4. The van der Waals surface area contributed by atoms with Gasteiger partial charge in [-0.05, 0) is 23.7 Å². The molecule has 7 heteroatoms. The first kappa shape index (κ1) is 11.7. The lowest BCUT2D eigenvalue weighted by Gasteiger charge is -2.06. The van der Waals surface area contributed by atoms with Crippen LogP contribution in [0.25, 0.3) is 0 Å². The van der Waals surface area contributed by atoms with Crippen LogP contribution in [0.5, 0.6) is 11.6 Å². The van der Waals surface area contributed by atoms with Gasteiger partial charge in [0.25, 0.3) is 5.88 Å². The van der Waals surface area contributed by atoms with Crippen molar-refractivity contribution in [1.29, 1.82) is 0 Å². The van der Waals surface area contributed by atoms with E-state index in [9.17, 15) is 13.2 Å². The van der Waals surface area contributed by atoms with Crippen molar-refractivity contribution in [3.8, 4) is 11.6 Å². The van der Waals surface area contributed by atoms with E-state index in [4.69, 9.17) is 16.3 Å². The van der Waals surface area contributed by atoms with E-state index in [2.05, 4.69) is 9.97 Å². The highest BCUT2D eigenvalue weighted by molar-refractivity contribution is 6.28. The van der Waals surface area contributed by atoms with Crippen LogP contribution in [0.3, 0.4) is 0 Å². The summed E-state index contributed by atoms with van der Waals surface area (Å²) in [5, 5.41) is -0.266. The summed E-state index contributed by atoms with van der Waals surface area (Å²) in [7, 11) is 0. The van der Waals surface area contributed by atoms with E-state index in [1.54, 1.807) is 0 Å². The van der Waals surface area contributed by atoms with Gasteiger partial charge >= 0.3 is 0 Å². The zero-order valence-corrected chi connectivity index (χ0v) is 8.88. The van der Waals surface area contributed by atoms with Gasteiger partial charge in [-0.15, -0.1) is 0 Å². The van der Waals surface area contributed by atoms with Crippen molar-refractivity contribution < 1.29 is 17.9 Å². The van der Waals surface area contributed by atoms with Crippen LogP contribution >= 0.6 is 11.6 Å². The van der Waals surface area contributed by atoms with Gasteiger partial charge in [0.05, 0.1) is 6.20 Å². The standard InChI is InChI=1S/C10H4ClF3N2O/c11-10-15-4-7(14)9(16-10)17-8-3-5(12)1-2-6(8)13/h1-4H. The second-order valence-corrected chi connectivity index (χ2v) is 3.31. The van der Waals surface area contributed by atoms with Gasteiger partial charge in [-0.2, -0.15) is 9.37 Å². The Hall–Kier alpha value is -1.82. The minimum absolute atomic E-state index is 0.266. The fourth-order valence-corrected chi connectivity index (χ4v) is 1.19. The summed E-state index contributed by atoms with van der Waals surface area (Å²) in [5.74, 6) is -3.56. The maximum atomic E-state index is 13.2. The molecular formula is C10H4ClF3N2O. The monoisotopic (exact) mass is 260 g/mol. The molecule has 0 saturated heterocycles. The van der Waals surface area contributed by atoms with Crippen LogP contribution in [0.1, 0.15) is 0 Å². The molecule has 0 unspecified atom stereocenters. The molecule has 0 saturated carbocycles. The smallest absolute Gasteiger partial charge is 0.260 e. The molecule has 0 aliphatic rings. The lowest BCUT2D eigenvalue weighted by molar-refractivity contribution is 0.393. The molecule has 2 aromatic rings. The van der Waals surface area contributed by atoms with E-state index in [0.717, 1.165) is 24.4 Å². The van der Waals surface area contributed by atoms with E-state index < -0.39 is 29.1 Å². The molecular weight excluding hydrogens is 257 g/mol. The number of hydrogen-bond acceptors (Lipinski definition) is 3. The zero-order valence-electron chi connectivity index (χ0n) is 8.12. The summed E-state index contributed by atoms with van der Waals surface area (Å²) < 4.78 is 44.0. The predicted octanol–water partition coefficient (Wildman–Crippen LogP) is 3.34. The molecule has 1 heterocycles. The van der Waals surface area contributed by atoms with Crippen LogP contribution in [0.15, 0.2) is 24.4 Å². The van der Waals surface area contributed by atoms with E-state index in [0.29, 0.717) is 0 Å². The van der Waals surface area contributed by atoms with Gasteiger partial charge in [0.15, 0.2) is 11.6 Å². The largest absolute Gasteiger partial charge is 0.433 e. The molecule has 0 aliphatic heterocycles. The fraction of sp³-hybridized carbons (Fsp3) is 0. The highest BCUT2D eigenvalue weighted by atomic mass is 35.5. The van der Waals surface area contributed by atoms with E-state index in [-0.39, 0.29) is 5.28 Å².